The number of benzene rings is 4. The topological polar surface area (TPSA) is 43.4 Å². The Morgan fingerprint density at radius 1 is 0.571 bits per heavy atom. The van der Waals surface area contributed by atoms with Gasteiger partial charge in [0.25, 0.3) is 0 Å². The van der Waals surface area contributed by atoms with Gasteiger partial charge in [-0.15, -0.1) is 13.2 Å². The largest absolute Gasteiger partial charge is 0.673 e. The maximum Gasteiger partial charge on any atom is 0.673 e. The second-order valence-corrected chi connectivity index (χ2v) is 17.7. The molecule has 2 heterocycles. The van der Waals surface area contributed by atoms with Gasteiger partial charge >= 0.3 is 33.9 Å². The van der Waals surface area contributed by atoms with Crippen LogP contribution in [0.4, 0.5) is 56.8 Å². The Morgan fingerprint density at radius 2 is 0.898 bits per heavy atom. The van der Waals surface area contributed by atoms with E-state index in [4.69, 9.17) is 0 Å². The van der Waals surface area contributed by atoms with Crippen molar-refractivity contribution in [3.8, 4) is 0 Å². The van der Waals surface area contributed by atoms with Gasteiger partial charge in [-0.25, -0.2) is 0 Å². The van der Waals surface area contributed by atoms with Crippen molar-refractivity contribution >= 4 is 62.1 Å². The molecule has 2 aliphatic heterocycles. The maximum absolute atomic E-state index is 14.1. The van der Waals surface area contributed by atoms with Crippen LogP contribution in [0.5, 0.6) is 0 Å². The van der Waals surface area contributed by atoms with Crippen molar-refractivity contribution in [3.05, 3.63) is 97.1 Å². The molecule has 4 aromatic rings. The minimum atomic E-state index is -6.52. The predicted octanol–water partition coefficient (Wildman–Crippen LogP) is 11.7. The normalized spacial score (nSPS) is 16.3. The number of hydrogen-bond acceptors (Lipinski definition) is 5. The molecule has 0 bridgehead atoms. The van der Waals surface area contributed by atoms with Crippen LogP contribution in [0.1, 0.15) is 0 Å². The zero-order valence-electron chi connectivity index (χ0n) is 23.5. The molecule has 0 atom stereocenters. The first-order valence-corrected chi connectivity index (χ1v) is 18.6. The van der Waals surface area contributed by atoms with Crippen LogP contribution in [0.3, 0.4) is 0 Å². The van der Waals surface area contributed by atoms with Crippen LogP contribution < -0.4 is 0 Å². The SMILES string of the molecule is FC(F)(F)[S+]1c2ccccc2Sc2ccccc21.F[B-](F)(F)F.O=S(=O)(OS1(C(F)(F)F)c2ccccc2Sc2ccccc21)C(F)(F)F. The van der Waals surface area contributed by atoms with Gasteiger partial charge in [-0.3, -0.25) is 0 Å². The highest BCUT2D eigenvalue weighted by atomic mass is 32.3. The molecule has 0 fully saturated rings. The number of alkyl halides is 9. The summed E-state index contributed by atoms with van der Waals surface area (Å²) in [6, 6.07) is 23.1. The predicted molar refractivity (Wildman–Crippen MR) is 160 cm³/mol. The Balaban J connectivity index is 0.000000203. The molecule has 0 saturated heterocycles. The van der Waals surface area contributed by atoms with E-state index in [9.17, 15) is 65.2 Å². The third-order valence-electron chi connectivity index (χ3n) is 5.93. The molecular weight excluding hydrogens is 790 g/mol. The lowest BCUT2D eigenvalue weighted by Gasteiger charge is -2.43. The maximum atomic E-state index is 14.1. The summed E-state index contributed by atoms with van der Waals surface area (Å²) in [5.74, 6) is 0. The van der Waals surface area contributed by atoms with Gasteiger partial charge in [-0.05, 0) is 48.5 Å². The summed E-state index contributed by atoms with van der Waals surface area (Å²) < 4.78 is 187. The van der Waals surface area contributed by atoms with Gasteiger partial charge in [-0.1, -0.05) is 72.1 Å². The minimum Gasteiger partial charge on any atom is -0.418 e. The molecule has 0 N–H and O–H groups in total. The molecule has 266 valence electrons. The third kappa shape index (κ3) is 8.63. The average Bonchev–Trinajstić information content (AvgIpc) is 2.97. The number of hydrogen-bond donors (Lipinski definition) is 0. The highest BCUT2D eigenvalue weighted by molar-refractivity contribution is 8.34. The van der Waals surface area contributed by atoms with E-state index in [0.29, 0.717) is 19.6 Å². The lowest BCUT2D eigenvalue weighted by atomic mass is 10.3. The molecule has 0 spiro atoms. The van der Waals surface area contributed by atoms with Crippen molar-refractivity contribution in [2.45, 2.75) is 55.7 Å². The van der Waals surface area contributed by atoms with E-state index in [-0.39, 0.29) is 9.79 Å². The molecule has 6 rings (SSSR count). The van der Waals surface area contributed by atoms with E-state index in [2.05, 4.69) is 3.63 Å². The summed E-state index contributed by atoms with van der Waals surface area (Å²) in [6.07, 6.45) is 0. The molecule has 0 radical (unpaired) electrons. The Hall–Kier alpha value is -2.66. The van der Waals surface area contributed by atoms with Gasteiger partial charge in [0.2, 0.25) is 0 Å². The monoisotopic (exact) mass is 806 g/mol. The van der Waals surface area contributed by atoms with Gasteiger partial charge < -0.3 is 17.3 Å². The van der Waals surface area contributed by atoms with Crippen LogP contribution in [0, 0.1) is 0 Å². The molecule has 49 heavy (non-hydrogen) atoms. The summed E-state index contributed by atoms with van der Waals surface area (Å²) in [5.41, 5.74) is -15.6. The van der Waals surface area contributed by atoms with Crippen molar-refractivity contribution < 1.29 is 68.8 Å². The zero-order valence-corrected chi connectivity index (χ0v) is 27.6. The van der Waals surface area contributed by atoms with E-state index < -0.39 is 64.9 Å². The summed E-state index contributed by atoms with van der Waals surface area (Å²) in [7, 11) is -19.4. The fourth-order valence-electron chi connectivity index (χ4n) is 4.21. The molecular formula is C27H16BF13O3S5. The Bertz CT molecular complexity index is 1820. The standard InChI is InChI=1S/C14H8F6O3S3.C13H8F3S2.BF4/c15-13(16,17)25(23-26(21,22)14(18,19)20)11-7-3-1-5-9(11)24-10-6-2-4-8-12(10)25;14-13(15,16)18-11-7-3-1-5-9(11)17-10-6-2-4-8-12(10)18;2-1(3,4)5/h1-8H;1-8H;/q;+1;-1. The molecule has 0 unspecified atom stereocenters. The van der Waals surface area contributed by atoms with Gasteiger partial charge in [0.1, 0.15) is 0 Å². The van der Waals surface area contributed by atoms with Crippen molar-refractivity contribution in [3.63, 3.8) is 0 Å². The van der Waals surface area contributed by atoms with E-state index >= 15 is 0 Å². The molecule has 2 aliphatic rings. The lowest BCUT2D eigenvalue weighted by molar-refractivity contribution is -0.0553. The second-order valence-electron chi connectivity index (χ2n) is 9.21. The van der Waals surface area contributed by atoms with Crippen LogP contribution in [0.25, 0.3) is 0 Å². The third-order valence-corrected chi connectivity index (χ3v) is 15.5. The van der Waals surface area contributed by atoms with Crippen LogP contribution in [0.2, 0.25) is 0 Å². The van der Waals surface area contributed by atoms with Gasteiger partial charge in [0.05, 0.1) is 9.79 Å². The summed E-state index contributed by atoms with van der Waals surface area (Å²) in [4.78, 5) is 0.871. The highest BCUT2D eigenvalue weighted by Gasteiger charge is 2.64. The summed E-state index contributed by atoms with van der Waals surface area (Å²) in [5, 5.41) is 0. The fraction of sp³-hybridized carbons (Fsp3) is 0.111. The minimum absolute atomic E-state index is 0.0177. The highest BCUT2D eigenvalue weighted by Crippen LogP contribution is 2.79. The average molecular weight is 807 g/mol. The molecule has 0 saturated carbocycles. The molecule has 0 aliphatic carbocycles. The van der Waals surface area contributed by atoms with Crippen LogP contribution in [-0.4, -0.2) is 32.2 Å². The molecule has 0 amide bonds. The smallest absolute Gasteiger partial charge is 0.418 e. The zero-order chi connectivity index (χ0) is 36.6. The summed E-state index contributed by atoms with van der Waals surface area (Å²) in [6.45, 7) is 0. The van der Waals surface area contributed by atoms with E-state index in [0.717, 1.165) is 23.9 Å². The number of halogens is 13. The Kier molecular flexibility index (Phi) is 11.3. The van der Waals surface area contributed by atoms with Gasteiger partial charge in [0, 0.05) is 29.9 Å². The molecule has 3 nitrogen and oxygen atoms in total. The summed E-state index contributed by atoms with van der Waals surface area (Å²) >= 11 is 2.31. The van der Waals surface area contributed by atoms with E-state index in [1.807, 2.05) is 0 Å². The van der Waals surface area contributed by atoms with Crippen LogP contribution in [0.15, 0.2) is 136 Å². The number of rotatable bonds is 2. The second kappa shape index (κ2) is 14.2. The van der Waals surface area contributed by atoms with E-state index in [1.165, 1.54) is 48.2 Å². The van der Waals surface area contributed by atoms with Crippen LogP contribution >= 0.6 is 33.8 Å². The van der Waals surface area contributed by atoms with E-state index in [1.54, 1.807) is 48.5 Å². The number of fused-ring (bicyclic) bond motifs is 4. The lowest BCUT2D eigenvalue weighted by Crippen LogP contribution is -2.33. The first-order valence-electron chi connectivity index (χ1n) is 12.8. The van der Waals surface area contributed by atoms with Crippen molar-refractivity contribution in [2.75, 3.05) is 0 Å². The first kappa shape index (κ1) is 39.1. The van der Waals surface area contributed by atoms with Gasteiger partial charge in [0.15, 0.2) is 20.7 Å². The quantitative estimate of drug-likeness (QED) is 0.0874. The van der Waals surface area contributed by atoms with Crippen molar-refractivity contribution in [1.82, 2.24) is 0 Å². The Labute approximate surface area is 282 Å². The molecule has 22 heteroatoms. The van der Waals surface area contributed by atoms with Gasteiger partial charge in [-0.2, -0.15) is 38.4 Å². The van der Waals surface area contributed by atoms with Crippen molar-refractivity contribution in [1.29, 1.82) is 0 Å². The molecule has 4 aromatic carbocycles. The fourth-order valence-corrected chi connectivity index (χ4v) is 13.6. The Morgan fingerprint density at radius 3 is 1.24 bits per heavy atom. The first-order chi connectivity index (χ1) is 22.5. The van der Waals surface area contributed by atoms with Crippen molar-refractivity contribution in [2.24, 2.45) is 0 Å². The van der Waals surface area contributed by atoms with Crippen LogP contribution in [-0.2, 0) is 24.6 Å². The molecule has 0 aromatic heterocycles.